The van der Waals surface area contributed by atoms with Gasteiger partial charge in [-0.3, -0.25) is 4.68 Å². The topological polar surface area (TPSA) is 47.4 Å². The zero-order valence-electron chi connectivity index (χ0n) is 12.3. The minimum Gasteiger partial charge on any atom is -0.444 e. The smallest absolute Gasteiger partial charge is 0.410 e. The summed E-state index contributed by atoms with van der Waals surface area (Å²) in [6.07, 6.45) is 8.34. The van der Waals surface area contributed by atoms with Gasteiger partial charge in [0.1, 0.15) is 5.60 Å². The SMILES string of the molecule is CC(C)(C)OC(=O)N1CC(=Cc2cnn(C3CC3)c2)C1. The molecule has 108 valence electrons. The lowest BCUT2D eigenvalue weighted by molar-refractivity contribution is 0.0216. The number of carbonyl (C=O) groups is 1. The average Bonchev–Trinajstić information content (AvgIpc) is 3.01. The van der Waals surface area contributed by atoms with E-state index in [0.717, 1.165) is 5.56 Å². The quantitative estimate of drug-likeness (QED) is 0.833. The highest BCUT2D eigenvalue weighted by Crippen LogP contribution is 2.34. The van der Waals surface area contributed by atoms with E-state index in [9.17, 15) is 4.79 Å². The van der Waals surface area contributed by atoms with Gasteiger partial charge in [0.25, 0.3) is 0 Å². The molecule has 2 fully saturated rings. The molecular weight excluding hydrogens is 254 g/mol. The molecule has 1 aliphatic heterocycles. The van der Waals surface area contributed by atoms with Gasteiger partial charge < -0.3 is 9.64 Å². The van der Waals surface area contributed by atoms with E-state index in [2.05, 4.69) is 17.4 Å². The van der Waals surface area contributed by atoms with Crippen LogP contribution in [0.3, 0.4) is 0 Å². The Morgan fingerprint density at radius 1 is 1.40 bits per heavy atom. The summed E-state index contributed by atoms with van der Waals surface area (Å²) in [5.41, 5.74) is 1.93. The highest BCUT2D eigenvalue weighted by molar-refractivity contribution is 5.72. The summed E-state index contributed by atoms with van der Waals surface area (Å²) in [7, 11) is 0. The molecule has 1 aliphatic carbocycles. The van der Waals surface area contributed by atoms with Crippen molar-refractivity contribution in [3.05, 3.63) is 23.5 Å². The number of rotatable bonds is 2. The molecule has 1 saturated heterocycles. The van der Waals surface area contributed by atoms with Crippen molar-refractivity contribution in [3.63, 3.8) is 0 Å². The Morgan fingerprint density at radius 3 is 2.70 bits per heavy atom. The van der Waals surface area contributed by atoms with E-state index in [-0.39, 0.29) is 6.09 Å². The third kappa shape index (κ3) is 3.03. The fourth-order valence-corrected chi connectivity index (χ4v) is 2.19. The first-order chi connectivity index (χ1) is 9.40. The monoisotopic (exact) mass is 275 g/mol. The van der Waals surface area contributed by atoms with Gasteiger partial charge in [-0.1, -0.05) is 0 Å². The van der Waals surface area contributed by atoms with Crippen molar-refractivity contribution in [1.82, 2.24) is 14.7 Å². The maximum Gasteiger partial charge on any atom is 0.410 e. The van der Waals surface area contributed by atoms with Gasteiger partial charge in [-0.05, 0) is 45.3 Å². The van der Waals surface area contributed by atoms with E-state index < -0.39 is 5.60 Å². The Kier molecular flexibility index (Phi) is 3.07. The van der Waals surface area contributed by atoms with Crippen molar-refractivity contribution in [2.24, 2.45) is 0 Å². The van der Waals surface area contributed by atoms with Crippen molar-refractivity contribution >= 4 is 12.2 Å². The molecule has 0 radical (unpaired) electrons. The molecule has 0 unspecified atom stereocenters. The molecule has 1 amide bonds. The van der Waals surface area contributed by atoms with Crippen LogP contribution in [-0.2, 0) is 4.74 Å². The number of hydrogen-bond acceptors (Lipinski definition) is 3. The van der Waals surface area contributed by atoms with Crippen LogP contribution >= 0.6 is 0 Å². The van der Waals surface area contributed by atoms with E-state index in [1.54, 1.807) is 4.90 Å². The first-order valence-electron chi connectivity index (χ1n) is 7.12. The molecule has 2 aliphatic rings. The maximum absolute atomic E-state index is 11.8. The van der Waals surface area contributed by atoms with E-state index >= 15 is 0 Å². The molecule has 20 heavy (non-hydrogen) atoms. The number of amides is 1. The standard InChI is InChI=1S/C15H21N3O2/c1-15(2,3)20-14(19)17-8-12(9-17)6-11-7-16-18(10-11)13-4-5-13/h6-7,10,13H,4-5,8-9H2,1-3H3. The highest BCUT2D eigenvalue weighted by Gasteiger charge is 2.29. The van der Waals surface area contributed by atoms with Crippen molar-refractivity contribution in [2.45, 2.75) is 45.3 Å². The molecule has 1 aromatic heterocycles. The van der Waals surface area contributed by atoms with Gasteiger partial charge in [0, 0.05) is 24.8 Å². The van der Waals surface area contributed by atoms with E-state index in [1.807, 2.05) is 31.6 Å². The van der Waals surface area contributed by atoms with Gasteiger partial charge in [0.15, 0.2) is 0 Å². The molecular formula is C15H21N3O2. The van der Waals surface area contributed by atoms with Gasteiger partial charge in [-0.25, -0.2) is 4.79 Å². The Hall–Kier alpha value is -1.78. The number of ether oxygens (including phenoxy) is 1. The van der Waals surface area contributed by atoms with Crippen molar-refractivity contribution < 1.29 is 9.53 Å². The minimum absolute atomic E-state index is 0.233. The molecule has 0 atom stereocenters. The number of aromatic nitrogens is 2. The molecule has 5 heteroatoms. The van der Waals surface area contributed by atoms with Gasteiger partial charge in [0.2, 0.25) is 0 Å². The molecule has 0 spiro atoms. The highest BCUT2D eigenvalue weighted by atomic mass is 16.6. The lowest BCUT2D eigenvalue weighted by Gasteiger charge is -2.35. The van der Waals surface area contributed by atoms with Gasteiger partial charge in [0.05, 0.1) is 12.2 Å². The first-order valence-corrected chi connectivity index (χ1v) is 7.12. The lowest BCUT2D eigenvalue weighted by atomic mass is 10.1. The third-order valence-corrected chi connectivity index (χ3v) is 3.35. The summed E-state index contributed by atoms with van der Waals surface area (Å²) in [4.78, 5) is 13.5. The minimum atomic E-state index is -0.429. The molecule has 1 aromatic rings. The number of hydrogen-bond donors (Lipinski definition) is 0. The second-order valence-electron chi connectivity index (χ2n) is 6.62. The van der Waals surface area contributed by atoms with E-state index in [1.165, 1.54) is 18.4 Å². The lowest BCUT2D eigenvalue weighted by Crippen LogP contribution is -2.46. The zero-order chi connectivity index (χ0) is 14.3. The Labute approximate surface area is 119 Å². The van der Waals surface area contributed by atoms with Gasteiger partial charge >= 0.3 is 6.09 Å². The second kappa shape index (κ2) is 4.65. The summed E-state index contributed by atoms with van der Waals surface area (Å²) >= 11 is 0. The van der Waals surface area contributed by atoms with Crippen LogP contribution < -0.4 is 0 Å². The average molecular weight is 275 g/mol. The molecule has 2 heterocycles. The van der Waals surface area contributed by atoms with E-state index in [0.29, 0.717) is 19.1 Å². The second-order valence-corrected chi connectivity index (χ2v) is 6.62. The maximum atomic E-state index is 11.8. The summed E-state index contributed by atoms with van der Waals surface area (Å²) in [6.45, 7) is 6.96. The summed E-state index contributed by atoms with van der Waals surface area (Å²) < 4.78 is 7.37. The fourth-order valence-electron chi connectivity index (χ4n) is 2.19. The molecule has 5 nitrogen and oxygen atoms in total. The van der Waals surface area contributed by atoms with Crippen LogP contribution in [0.1, 0.15) is 45.2 Å². The summed E-state index contributed by atoms with van der Waals surface area (Å²) in [5.74, 6) is 0. The summed E-state index contributed by atoms with van der Waals surface area (Å²) in [6, 6.07) is 0.613. The Bertz CT molecular complexity index is 542. The van der Waals surface area contributed by atoms with Gasteiger partial charge in [-0.2, -0.15) is 5.10 Å². The molecule has 0 N–H and O–H groups in total. The predicted molar refractivity (Wildman–Crippen MR) is 76.3 cm³/mol. The van der Waals surface area contributed by atoms with Crippen molar-refractivity contribution in [2.75, 3.05) is 13.1 Å². The number of likely N-dealkylation sites (tertiary alicyclic amines) is 1. The number of nitrogens with zero attached hydrogens (tertiary/aromatic N) is 3. The third-order valence-electron chi connectivity index (χ3n) is 3.35. The predicted octanol–water partition coefficient (Wildman–Crippen LogP) is 2.85. The van der Waals surface area contributed by atoms with Crippen LogP contribution in [0.4, 0.5) is 4.79 Å². The van der Waals surface area contributed by atoms with Crippen LogP contribution in [0.2, 0.25) is 0 Å². The Balaban J connectivity index is 1.53. The van der Waals surface area contributed by atoms with Crippen LogP contribution in [0.15, 0.2) is 18.0 Å². The van der Waals surface area contributed by atoms with Crippen LogP contribution in [0.25, 0.3) is 6.08 Å². The zero-order valence-corrected chi connectivity index (χ0v) is 12.3. The largest absolute Gasteiger partial charge is 0.444 e. The summed E-state index contributed by atoms with van der Waals surface area (Å²) in [5, 5.41) is 4.36. The molecule has 0 aromatic carbocycles. The molecule has 3 rings (SSSR count). The molecule has 1 saturated carbocycles. The van der Waals surface area contributed by atoms with Crippen LogP contribution in [0.5, 0.6) is 0 Å². The fraction of sp³-hybridized carbons (Fsp3) is 0.600. The van der Waals surface area contributed by atoms with Gasteiger partial charge in [-0.15, -0.1) is 0 Å². The Morgan fingerprint density at radius 2 is 2.10 bits per heavy atom. The van der Waals surface area contributed by atoms with Crippen molar-refractivity contribution in [1.29, 1.82) is 0 Å². The number of carbonyl (C=O) groups excluding carboxylic acids is 1. The van der Waals surface area contributed by atoms with Crippen LogP contribution in [-0.4, -0.2) is 39.5 Å². The normalized spacial score (nSPS) is 18.8. The van der Waals surface area contributed by atoms with Crippen molar-refractivity contribution in [3.8, 4) is 0 Å². The molecule has 0 bridgehead atoms. The van der Waals surface area contributed by atoms with Crippen LogP contribution in [0, 0.1) is 0 Å². The van der Waals surface area contributed by atoms with E-state index in [4.69, 9.17) is 4.74 Å². The first kappa shape index (κ1) is 13.2.